The molecule has 10 nitrogen and oxygen atoms in total. The molecule has 0 saturated carbocycles. The van der Waals surface area contributed by atoms with Gasteiger partial charge in [-0.3, -0.25) is 38.9 Å². The second-order valence-corrected chi connectivity index (χ2v) is 9.80. The average molecular weight is 506 g/mol. The van der Waals surface area contributed by atoms with E-state index in [0.717, 1.165) is 36.4 Å². The van der Waals surface area contributed by atoms with E-state index >= 15 is 0 Å². The van der Waals surface area contributed by atoms with Gasteiger partial charge in [0.15, 0.2) is 0 Å². The highest BCUT2D eigenvalue weighted by atomic mass is 19.1. The van der Waals surface area contributed by atoms with Crippen molar-refractivity contribution in [2.45, 2.75) is 44.3 Å². The van der Waals surface area contributed by atoms with Crippen LogP contribution in [0.2, 0.25) is 0 Å². The number of carbonyl (C=O) groups is 4. The Labute approximate surface area is 210 Å². The molecule has 0 spiro atoms. The highest BCUT2D eigenvalue weighted by molar-refractivity contribution is 6.23. The van der Waals surface area contributed by atoms with Gasteiger partial charge in [0.05, 0.1) is 22.2 Å². The lowest BCUT2D eigenvalue weighted by Crippen LogP contribution is -2.54. The molecule has 4 heterocycles. The standard InChI is InChI=1S/C26H24FN5O5/c27-15-2-4-20-19(12-15)28-26(37)31(20)16-7-9-30(10-8-16)13-14-1-3-17-18(11-14)25(36)32(24(17)35)21-5-6-22(33)29-23(21)34/h1-4,11-12,16,21H,5-10,13H2,(H,28,37)(H,29,33,34). The summed E-state index contributed by atoms with van der Waals surface area (Å²) >= 11 is 0. The van der Waals surface area contributed by atoms with Gasteiger partial charge in [0.1, 0.15) is 11.9 Å². The molecule has 3 aliphatic rings. The first-order valence-electron chi connectivity index (χ1n) is 12.3. The molecule has 0 bridgehead atoms. The number of amides is 4. The lowest BCUT2D eigenvalue weighted by Gasteiger charge is -2.32. The van der Waals surface area contributed by atoms with Crippen LogP contribution < -0.4 is 11.0 Å². The molecule has 3 aromatic rings. The van der Waals surface area contributed by atoms with Crippen LogP contribution in [-0.4, -0.2) is 62.1 Å². The lowest BCUT2D eigenvalue weighted by atomic mass is 10.0. The van der Waals surface area contributed by atoms with E-state index < -0.39 is 35.5 Å². The number of aromatic nitrogens is 2. The molecule has 6 rings (SSSR count). The number of hydrogen-bond acceptors (Lipinski definition) is 6. The number of imidazole rings is 1. The number of nitrogens with one attached hydrogen (secondary N) is 2. The van der Waals surface area contributed by atoms with E-state index in [1.54, 1.807) is 22.8 Å². The SMILES string of the molecule is O=C1CCC(N2C(=O)c3ccc(CN4CCC(n5c(=O)[nH]c6cc(F)ccc65)CC4)cc3C2=O)C(=O)N1. The normalized spacial score (nSPS) is 21.1. The fourth-order valence-corrected chi connectivity index (χ4v) is 5.68. The summed E-state index contributed by atoms with van der Waals surface area (Å²) in [4.78, 5) is 68.1. The number of nitrogens with zero attached hydrogens (tertiary/aromatic N) is 3. The van der Waals surface area contributed by atoms with Gasteiger partial charge in [0.2, 0.25) is 11.8 Å². The van der Waals surface area contributed by atoms with Gasteiger partial charge in [-0.2, -0.15) is 0 Å². The van der Waals surface area contributed by atoms with Crippen molar-refractivity contribution in [1.82, 2.24) is 24.7 Å². The molecule has 11 heteroatoms. The second kappa shape index (κ2) is 8.77. The Morgan fingerprint density at radius 1 is 0.892 bits per heavy atom. The van der Waals surface area contributed by atoms with Crippen LogP contribution in [0.15, 0.2) is 41.2 Å². The molecule has 1 atom stereocenters. The zero-order valence-electron chi connectivity index (χ0n) is 19.8. The molecule has 0 radical (unpaired) electrons. The molecule has 4 amide bonds. The summed E-state index contributed by atoms with van der Waals surface area (Å²) in [6.07, 6.45) is 1.66. The maximum atomic E-state index is 13.5. The summed E-state index contributed by atoms with van der Waals surface area (Å²) in [5.41, 5.74) is 2.31. The molecule has 2 fully saturated rings. The molecule has 3 aliphatic heterocycles. The quantitative estimate of drug-likeness (QED) is 0.520. The van der Waals surface area contributed by atoms with Crippen molar-refractivity contribution in [2.24, 2.45) is 0 Å². The zero-order chi connectivity index (χ0) is 25.8. The highest BCUT2D eigenvalue weighted by Gasteiger charge is 2.44. The molecule has 2 N–H and O–H groups in total. The van der Waals surface area contributed by atoms with Crippen LogP contribution in [0.4, 0.5) is 4.39 Å². The number of piperidine rings is 2. The first-order chi connectivity index (χ1) is 17.8. The molecule has 1 unspecified atom stereocenters. The van der Waals surface area contributed by atoms with Crippen LogP contribution in [0, 0.1) is 5.82 Å². The number of halogens is 1. The van der Waals surface area contributed by atoms with E-state index in [9.17, 15) is 28.4 Å². The van der Waals surface area contributed by atoms with Gasteiger partial charge < -0.3 is 4.98 Å². The molecule has 0 aliphatic carbocycles. The van der Waals surface area contributed by atoms with Crippen molar-refractivity contribution in [3.63, 3.8) is 0 Å². The summed E-state index contributed by atoms with van der Waals surface area (Å²) in [5, 5.41) is 2.20. The minimum Gasteiger partial charge on any atom is -0.305 e. The van der Waals surface area contributed by atoms with Gasteiger partial charge in [-0.1, -0.05) is 6.07 Å². The van der Waals surface area contributed by atoms with Crippen molar-refractivity contribution in [1.29, 1.82) is 0 Å². The lowest BCUT2D eigenvalue weighted by molar-refractivity contribution is -0.136. The summed E-state index contributed by atoms with van der Waals surface area (Å²) in [5.74, 6) is -2.48. The molecule has 2 aromatic carbocycles. The maximum Gasteiger partial charge on any atom is 0.326 e. The van der Waals surface area contributed by atoms with Crippen LogP contribution in [-0.2, 0) is 16.1 Å². The average Bonchev–Trinajstić information content (AvgIpc) is 3.32. The van der Waals surface area contributed by atoms with Gasteiger partial charge in [-0.05, 0) is 55.2 Å². The van der Waals surface area contributed by atoms with Crippen molar-refractivity contribution in [3.05, 3.63) is 69.4 Å². The first kappa shape index (κ1) is 23.3. The molecule has 190 valence electrons. The topological polar surface area (TPSA) is 125 Å². The monoisotopic (exact) mass is 505 g/mol. The number of imide groups is 2. The zero-order valence-corrected chi connectivity index (χ0v) is 19.8. The van der Waals surface area contributed by atoms with E-state index in [1.165, 1.54) is 12.1 Å². The smallest absolute Gasteiger partial charge is 0.305 e. The van der Waals surface area contributed by atoms with Gasteiger partial charge in [-0.25, -0.2) is 9.18 Å². The minimum absolute atomic E-state index is 0.00994. The molecule has 2 saturated heterocycles. The fraction of sp³-hybridized carbons (Fsp3) is 0.346. The number of aromatic amines is 1. The Bertz CT molecular complexity index is 1530. The number of carbonyl (C=O) groups excluding carboxylic acids is 4. The summed E-state index contributed by atoms with van der Waals surface area (Å²) in [6.45, 7) is 2.00. The van der Waals surface area contributed by atoms with Crippen LogP contribution in [0.1, 0.15) is 58.0 Å². The Morgan fingerprint density at radius 2 is 1.65 bits per heavy atom. The summed E-state index contributed by atoms with van der Waals surface area (Å²) in [7, 11) is 0. The summed E-state index contributed by atoms with van der Waals surface area (Å²) in [6, 6.07) is 8.42. The van der Waals surface area contributed by atoms with E-state index in [2.05, 4.69) is 15.2 Å². The minimum atomic E-state index is -0.989. The number of hydrogen-bond donors (Lipinski definition) is 2. The van der Waals surface area contributed by atoms with Crippen LogP contribution in [0.3, 0.4) is 0 Å². The third-order valence-corrected chi connectivity index (χ3v) is 7.51. The van der Waals surface area contributed by atoms with Crippen LogP contribution in [0.25, 0.3) is 11.0 Å². The van der Waals surface area contributed by atoms with Crippen molar-refractivity contribution >= 4 is 34.7 Å². The Balaban J connectivity index is 1.14. The highest BCUT2D eigenvalue weighted by Crippen LogP contribution is 2.30. The van der Waals surface area contributed by atoms with E-state index in [-0.39, 0.29) is 35.7 Å². The number of benzene rings is 2. The Morgan fingerprint density at radius 3 is 2.41 bits per heavy atom. The predicted molar refractivity (Wildman–Crippen MR) is 129 cm³/mol. The Kier molecular flexibility index (Phi) is 5.52. The molecular weight excluding hydrogens is 481 g/mol. The molecular formula is C26H24FN5O5. The number of rotatable bonds is 4. The fourth-order valence-electron chi connectivity index (χ4n) is 5.68. The molecule has 1 aromatic heterocycles. The third-order valence-electron chi connectivity index (χ3n) is 7.51. The number of fused-ring (bicyclic) bond motifs is 2. The van der Waals surface area contributed by atoms with Gasteiger partial charge in [0.25, 0.3) is 11.8 Å². The van der Waals surface area contributed by atoms with Crippen molar-refractivity contribution in [2.75, 3.05) is 13.1 Å². The van der Waals surface area contributed by atoms with Gasteiger partial charge in [-0.15, -0.1) is 0 Å². The number of H-pyrrole nitrogens is 1. The number of likely N-dealkylation sites (tertiary alicyclic amines) is 1. The summed E-state index contributed by atoms with van der Waals surface area (Å²) < 4.78 is 15.2. The van der Waals surface area contributed by atoms with Gasteiger partial charge >= 0.3 is 5.69 Å². The largest absolute Gasteiger partial charge is 0.326 e. The van der Waals surface area contributed by atoms with Crippen LogP contribution in [0.5, 0.6) is 0 Å². The van der Waals surface area contributed by atoms with E-state index in [4.69, 9.17) is 0 Å². The predicted octanol–water partition coefficient (Wildman–Crippen LogP) is 1.71. The maximum absolute atomic E-state index is 13.5. The van der Waals surface area contributed by atoms with E-state index in [1.807, 2.05) is 6.07 Å². The van der Waals surface area contributed by atoms with Crippen molar-refractivity contribution < 1.29 is 23.6 Å². The van der Waals surface area contributed by atoms with Crippen LogP contribution >= 0.6 is 0 Å². The van der Waals surface area contributed by atoms with Gasteiger partial charge in [0, 0.05) is 32.1 Å². The van der Waals surface area contributed by atoms with Crippen molar-refractivity contribution in [3.8, 4) is 0 Å². The Hall–Kier alpha value is -4.12. The second-order valence-electron chi connectivity index (χ2n) is 9.80. The first-order valence-corrected chi connectivity index (χ1v) is 12.3. The van der Waals surface area contributed by atoms with E-state index in [0.29, 0.717) is 17.6 Å². The third kappa shape index (κ3) is 3.95. The molecule has 37 heavy (non-hydrogen) atoms.